The van der Waals surface area contributed by atoms with Gasteiger partial charge in [0.1, 0.15) is 12.4 Å². The van der Waals surface area contributed by atoms with Gasteiger partial charge in [0.05, 0.1) is 11.3 Å². The molecule has 0 spiro atoms. The molecule has 1 saturated heterocycles. The van der Waals surface area contributed by atoms with E-state index < -0.39 is 6.04 Å². The number of hydrogen-bond donors (Lipinski definition) is 1. The molecular weight excluding hydrogens is 316 g/mol. The Bertz CT molecular complexity index is 748. The van der Waals surface area contributed by atoms with Crippen LogP contribution in [0.2, 0.25) is 0 Å². The molecule has 1 aromatic heterocycles. The summed E-state index contributed by atoms with van der Waals surface area (Å²) in [4.78, 5) is 35.4. The van der Waals surface area contributed by atoms with E-state index in [0.29, 0.717) is 31.5 Å². The number of piperazine rings is 1. The van der Waals surface area contributed by atoms with E-state index >= 15 is 0 Å². The van der Waals surface area contributed by atoms with Gasteiger partial charge in [-0.1, -0.05) is 43.7 Å². The van der Waals surface area contributed by atoms with Crippen LogP contribution in [0.3, 0.4) is 0 Å². The maximum Gasteiger partial charge on any atom is 0.258 e. The molecule has 3 rings (SSSR count). The number of amides is 2. The summed E-state index contributed by atoms with van der Waals surface area (Å²) in [7, 11) is 0. The Morgan fingerprint density at radius 3 is 2.88 bits per heavy atom. The summed E-state index contributed by atoms with van der Waals surface area (Å²) in [5.41, 5.74) is 2.27. The lowest BCUT2D eigenvalue weighted by Crippen LogP contribution is -2.58. The van der Waals surface area contributed by atoms with Crippen molar-refractivity contribution in [2.75, 3.05) is 13.1 Å². The Balaban J connectivity index is 1.87. The van der Waals surface area contributed by atoms with Gasteiger partial charge in [0, 0.05) is 25.7 Å². The summed E-state index contributed by atoms with van der Waals surface area (Å²) in [5, 5.41) is 2.86. The van der Waals surface area contributed by atoms with Crippen molar-refractivity contribution in [3.8, 4) is 0 Å². The SMILES string of the molecule is CCCc1ncncc1C(=O)N1CCNC(=O)[C@H]1Cc1ccccc1. The number of rotatable bonds is 5. The molecule has 1 aromatic carbocycles. The molecule has 2 aromatic rings. The Kier molecular flexibility index (Phi) is 5.38. The maximum atomic E-state index is 13.1. The smallest absolute Gasteiger partial charge is 0.258 e. The predicted octanol–water partition coefficient (Wildman–Crippen LogP) is 1.61. The van der Waals surface area contributed by atoms with E-state index in [4.69, 9.17) is 0 Å². The summed E-state index contributed by atoms with van der Waals surface area (Å²) in [6, 6.07) is 9.24. The van der Waals surface area contributed by atoms with E-state index in [9.17, 15) is 9.59 Å². The molecule has 25 heavy (non-hydrogen) atoms. The number of aromatic nitrogens is 2. The average Bonchev–Trinajstić information content (AvgIpc) is 2.64. The molecule has 1 fully saturated rings. The van der Waals surface area contributed by atoms with Crippen LogP contribution < -0.4 is 5.32 Å². The largest absolute Gasteiger partial charge is 0.353 e. The van der Waals surface area contributed by atoms with Crippen LogP contribution in [-0.4, -0.2) is 45.8 Å². The van der Waals surface area contributed by atoms with Crippen LogP contribution in [0, 0.1) is 0 Å². The molecule has 1 aliphatic rings. The van der Waals surface area contributed by atoms with Crippen LogP contribution in [0.4, 0.5) is 0 Å². The fourth-order valence-electron chi connectivity index (χ4n) is 3.12. The third-order valence-corrected chi connectivity index (χ3v) is 4.38. The van der Waals surface area contributed by atoms with Crippen molar-refractivity contribution < 1.29 is 9.59 Å². The highest BCUT2D eigenvalue weighted by Crippen LogP contribution is 2.17. The van der Waals surface area contributed by atoms with Gasteiger partial charge in [-0.05, 0) is 12.0 Å². The lowest BCUT2D eigenvalue weighted by molar-refractivity contribution is -0.127. The van der Waals surface area contributed by atoms with E-state index in [0.717, 1.165) is 17.7 Å². The minimum atomic E-state index is -0.515. The molecule has 1 N–H and O–H groups in total. The topological polar surface area (TPSA) is 75.2 Å². The van der Waals surface area contributed by atoms with Crippen LogP contribution >= 0.6 is 0 Å². The van der Waals surface area contributed by atoms with Crippen molar-refractivity contribution in [1.29, 1.82) is 0 Å². The molecule has 0 radical (unpaired) electrons. The highest BCUT2D eigenvalue weighted by atomic mass is 16.2. The summed E-state index contributed by atoms with van der Waals surface area (Å²) in [6.45, 7) is 3.00. The zero-order valence-corrected chi connectivity index (χ0v) is 14.3. The van der Waals surface area contributed by atoms with Gasteiger partial charge in [-0.15, -0.1) is 0 Å². The van der Waals surface area contributed by atoms with Crippen LogP contribution in [-0.2, 0) is 17.6 Å². The van der Waals surface area contributed by atoms with Crippen LogP contribution in [0.5, 0.6) is 0 Å². The standard InChI is InChI=1S/C19H22N4O2/c1-2-6-16-15(12-20-13-22-16)19(25)23-10-9-21-18(24)17(23)11-14-7-4-3-5-8-14/h3-5,7-8,12-13,17H,2,6,9-11H2,1H3,(H,21,24)/t17-/m1/s1. The first-order valence-corrected chi connectivity index (χ1v) is 8.62. The fourth-order valence-corrected chi connectivity index (χ4v) is 3.12. The lowest BCUT2D eigenvalue weighted by atomic mass is 10.0. The van der Waals surface area contributed by atoms with Crippen molar-refractivity contribution in [3.63, 3.8) is 0 Å². The number of hydrogen-bond acceptors (Lipinski definition) is 4. The first-order chi connectivity index (χ1) is 12.2. The number of carbonyl (C=O) groups excluding carboxylic acids is 2. The molecule has 130 valence electrons. The molecule has 0 bridgehead atoms. The molecule has 1 aliphatic heterocycles. The van der Waals surface area contributed by atoms with E-state index in [-0.39, 0.29) is 11.8 Å². The Morgan fingerprint density at radius 1 is 1.32 bits per heavy atom. The van der Waals surface area contributed by atoms with Crippen molar-refractivity contribution in [2.45, 2.75) is 32.2 Å². The van der Waals surface area contributed by atoms with Crippen LogP contribution in [0.1, 0.15) is 35.0 Å². The highest BCUT2D eigenvalue weighted by molar-refractivity contribution is 5.98. The summed E-state index contributed by atoms with van der Waals surface area (Å²) in [6.07, 6.45) is 5.13. The van der Waals surface area contributed by atoms with Gasteiger partial charge >= 0.3 is 0 Å². The normalized spacial score (nSPS) is 17.2. The Labute approximate surface area is 147 Å². The van der Waals surface area contributed by atoms with Crippen molar-refractivity contribution in [2.24, 2.45) is 0 Å². The monoisotopic (exact) mass is 338 g/mol. The summed E-state index contributed by atoms with van der Waals surface area (Å²) in [5.74, 6) is -0.280. The van der Waals surface area contributed by atoms with E-state index in [2.05, 4.69) is 15.3 Å². The maximum absolute atomic E-state index is 13.1. The fraction of sp³-hybridized carbons (Fsp3) is 0.368. The zero-order valence-electron chi connectivity index (χ0n) is 14.3. The molecule has 2 amide bonds. The van der Waals surface area contributed by atoms with Crippen molar-refractivity contribution >= 4 is 11.8 Å². The minimum absolute atomic E-state index is 0.114. The van der Waals surface area contributed by atoms with E-state index in [1.54, 1.807) is 11.1 Å². The first-order valence-electron chi connectivity index (χ1n) is 8.62. The van der Waals surface area contributed by atoms with Crippen molar-refractivity contribution in [1.82, 2.24) is 20.2 Å². The molecule has 0 aliphatic carbocycles. The number of carbonyl (C=O) groups is 2. The molecule has 0 unspecified atom stereocenters. The number of nitrogens with one attached hydrogen (secondary N) is 1. The summed E-state index contributed by atoms with van der Waals surface area (Å²) >= 11 is 0. The van der Waals surface area contributed by atoms with E-state index in [1.807, 2.05) is 37.3 Å². The summed E-state index contributed by atoms with van der Waals surface area (Å²) < 4.78 is 0. The number of aryl methyl sites for hydroxylation is 1. The van der Waals surface area contributed by atoms with Gasteiger partial charge in [0.2, 0.25) is 5.91 Å². The lowest BCUT2D eigenvalue weighted by Gasteiger charge is -2.35. The Morgan fingerprint density at radius 2 is 2.12 bits per heavy atom. The van der Waals surface area contributed by atoms with E-state index in [1.165, 1.54) is 6.33 Å². The van der Waals surface area contributed by atoms with Gasteiger partial charge in [-0.3, -0.25) is 9.59 Å². The predicted molar refractivity (Wildman–Crippen MR) is 94.0 cm³/mol. The third-order valence-electron chi connectivity index (χ3n) is 4.38. The molecule has 6 heteroatoms. The Hall–Kier alpha value is -2.76. The molecule has 2 heterocycles. The zero-order chi connectivity index (χ0) is 17.6. The molecule has 6 nitrogen and oxygen atoms in total. The number of benzene rings is 1. The molecule has 1 atom stereocenters. The minimum Gasteiger partial charge on any atom is -0.353 e. The van der Waals surface area contributed by atoms with Crippen LogP contribution in [0.25, 0.3) is 0 Å². The highest BCUT2D eigenvalue weighted by Gasteiger charge is 2.34. The van der Waals surface area contributed by atoms with Gasteiger partial charge in [0.15, 0.2) is 0 Å². The second-order valence-electron chi connectivity index (χ2n) is 6.13. The number of nitrogens with zero attached hydrogens (tertiary/aromatic N) is 3. The average molecular weight is 338 g/mol. The van der Waals surface area contributed by atoms with Gasteiger partial charge < -0.3 is 10.2 Å². The van der Waals surface area contributed by atoms with Crippen LogP contribution in [0.15, 0.2) is 42.9 Å². The quantitative estimate of drug-likeness (QED) is 0.899. The second-order valence-corrected chi connectivity index (χ2v) is 6.13. The second kappa shape index (κ2) is 7.88. The molecule has 0 saturated carbocycles. The third kappa shape index (κ3) is 3.84. The van der Waals surface area contributed by atoms with Gasteiger partial charge in [-0.2, -0.15) is 0 Å². The van der Waals surface area contributed by atoms with Crippen molar-refractivity contribution in [3.05, 3.63) is 59.7 Å². The van der Waals surface area contributed by atoms with Gasteiger partial charge in [0.25, 0.3) is 5.91 Å². The molecular formula is C19H22N4O2. The first kappa shape index (κ1) is 17.1. The van der Waals surface area contributed by atoms with Gasteiger partial charge in [-0.25, -0.2) is 9.97 Å².